The second-order valence-corrected chi connectivity index (χ2v) is 5.72. The summed E-state index contributed by atoms with van der Waals surface area (Å²) in [4.78, 5) is 10.2. The molecule has 0 saturated heterocycles. The predicted octanol–water partition coefficient (Wildman–Crippen LogP) is 2.96. The first kappa shape index (κ1) is 14.0. The monoisotopic (exact) mass is 288 g/mol. The number of halogens is 2. The maximum atomic E-state index is 13.3. The summed E-state index contributed by atoms with van der Waals surface area (Å²) in [5, 5.41) is 23.3. The smallest absolute Gasteiger partial charge is 0.295 e. The molecule has 0 amide bonds. The van der Waals surface area contributed by atoms with E-state index in [0.717, 1.165) is 6.07 Å². The summed E-state index contributed by atoms with van der Waals surface area (Å²) in [6.45, 7) is 3.71. The third kappa shape index (κ3) is 2.37. The second-order valence-electron chi connectivity index (χ2n) is 5.31. The lowest BCUT2D eigenvalue weighted by atomic mass is 9.64. The summed E-state index contributed by atoms with van der Waals surface area (Å²) in [6, 6.07) is 1.88. The van der Waals surface area contributed by atoms with E-state index in [4.69, 9.17) is 11.6 Å². The largest absolute Gasteiger partial charge is 0.392 e. The molecule has 0 bridgehead atoms. The van der Waals surface area contributed by atoms with Crippen molar-refractivity contribution in [2.24, 2.45) is 5.41 Å². The molecule has 2 unspecified atom stereocenters. The quantitative estimate of drug-likeness (QED) is 0.662. The van der Waals surface area contributed by atoms with Gasteiger partial charge in [-0.2, -0.15) is 0 Å². The number of hydrogen-bond donors (Lipinski definition) is 2. The highest BCUT2D eigenvalue weighted by Gasteiger charge is 2.47. The van der Waals surface area contributed by atoms with Gasteiger partial charge in [-0.3, -0.25) is 10.1 Å². The Morgan fingerprint density at radius 2 is 2.21 bits per heavy atom. The lowest BCUT2D eigenvalue weighted by molar-refractivity contribution is -0.384. The van der Waals surface area contributed by atoms with E-state index in [1.54, 1.807) is 0 Å². The number of anilines is 1. The van der Waals surface area contributed by atoms with Crippen LogP contribution in [-0.4, -0.2) is 22.2 Å². The molecular formula is C12H14ClFN2O3. The third-order valence-corrected chi connectivity index (χ3v) is 4.07. The van der Waals surface area contributed by atoms with Crippen LogP contribution in [0.25, 0.3) is 0 Å². The summed E-state index contributed by atoms with van der Waals surface area (Å²) in [5.41, 5.74) is -0.588. The highest BCUT2D eigenvalue weighted by Crippen LogP contribution is 2.43. The average Bonchev–Trinajstić information content (AvgIpc) is 2.32. The zero-order valence-corrected chi connectivity index (χ0v) is 11.2. The van der Waals surface area contributed by atoms with Gasteiger partial charge in [-0.05, 0) is 12.5 Å². The predicted molar refractivity (Wildman–Crippen MR) is 69.9 cm³/mol. The lowest BCUT2D eigenvalue weighted by Gasteiger charge is -2.49. The lowest BCUT2D eigenvalue weighted by Crippen LogP contribution is -2.56. The van der Waals surface area contributed by atoms with E-state index >= 15 is 0 Å². The van der Waals surface area contributed by atoms with E-state index in [2.05, 4.69) is 5.32 Å². The number of rotatable bonds is 3. The number of aliphatic hydroxyl groups is 1. The molecule has 0 aliphatic heterocycles. The van der Waals surface area contributed by atoms with Gasteiger partial charge in [0.1, 0.15) is 11.5 Å². The van der Waals surface area contributed by atoms with Gasteiger partial charge in [-0.15, -0.1) is 0 Å². The molecule has 0 radical (unpaired) electrons. The van der Waals surface area contributed by atoms with E-state index in [9.17, 15) is 19.6 Å². The van der Waals surface area contributed by atoms with Crippen LogP contribution < -0.4 is 5.32 Å². The molecule has 1 aromatic rings. The SMILES string of the molecule is CC1(C)C(O)CC1Nc1cc(Cl)c(F)cc1[N+](=O)[O-]. The fourth-order valence-electron chi connectivity index (χ4n) is 2.14. The van der Waals surface area contributed by atoms with Crippen LogP contribution in [0, 0.1) is 21.3 Å². The highest BCUT2D eigenvalue weighted by atomic mass is 35.5. The van der Waals surface area contributed by atoms with Gasteiger partial charge in [0.2, 0.25) is 0 Å². The molecule has 2 atom stereocenters. The van der Waals surface area contributed by atoms with Crippen LogP contribution in [0.2, 0.25) is 5.02 Å². The van der Waals surface area contributed by atoms with Gasteiger partial charge in [-0.1, -0.05) is 25.4 Å². The van der Waals surface area contributed by atoms with Gasteiger partial charge in [0, 0.05) is 11.5 Å². The summed E-state index contributed by atoms with van der Waals surface area (Å²) >= 11 is 5.65. The summed E-state index contributed by atoms with van der Waals surface area (Å²) in [7, 11) is 0. The van der Waals surface area contributed by atoms with Crippen molar-refractivity contribution >= 4 is 23.0 Å². The molecule has 0 aromatic heterocycles. The number of nitro groups is 1. The number of aliphatic hydroxyl groups excluding tert-OH is 1. The Kier molecular flexibility index (Phi) is 3.40. The highest BCUT2D eigenvalue weighted by molar-refractivity contribution is 6.31. The normalized spacial score (nSPS) is 24.7. The van der Waals surface area contributed by atoms with Gasteiger partial charge in [0.15, 0.2) is 0 Å². The molecule has 104 valence electrons. The van der Waals surface area contributed by atoms with Gasteiger partial charge in [0.05, 0.1) is 22.1 Å². The van der Waals surface area contributed by atoms with Crippen LogP contribution in [-0.2, 0) is 0 Å². The van der Waals surface area contributed by atoms with Gasteiger partial charge >= 0.3 is 0 Å². The first-order chi connectivity index (χ1) is 8.73. The Morgan fingerprint density at radius 1 is 1.58 bits per heavy atom. The summed E-state index contributed by atoms with van der Waals surface area (Å²) in [6.07, 6.45) is 0.0269. The Hall–Kier alpha value is -1.40. The molecule has 1 aliphatic rings. The van der Waals surface area contributed by atoms with Crippen molar-refractivity contribution in [3.05, 3.63) is 33.1 Å². The van der Waals surface area contributed by atoms with Crippen molar-refractivity contribution in [3.8, 4) is 0 Å². The van der Waals surface area contributed by atoms with Crippen LogP contribution in [0.5, 0.6) is 0 Å². The van der Waals surface area contributed by atoms with Crippen molar-refractivity contribution in [1.82, 2.24) is 0 Å². The molecule has 19 heavy (non-hydrogen) atoms. The first-order valence-corrected chi connectivity index (χ1v) is 6.19. The average molecular weight is 289 g/mol. The Labute approximate surface area is 114 Å². The van der Waals surface area contributed by atoms with Gasteiger partial charge < -0.3 is 10.4 Å². The van der Waals surface area contributed by atoms with E-state index in [-0.39, 0.29) is 22.4 Å². The molecule has 1 saturated carbocycles. The van der Waals surface area contributed by atoms with Gasteiger partial charge in [0.25, 0.3) is 5.69 Å². The molecule has 2 N–H and O–H groups in total. The maximum Gasteiger partial charge on any atom is 0.295 e. The number of nitrogens with zero attached hydrogens (tertiary/aromatic N) is 1. The van der Waals surface area contributed by atoms with Crippen molar-refractivity contribution in [3.63, 3.8) is 0 Å². The fraction of sp³-hybridized carbons (Fsp3) is 0.500. The van der Waals surface area contributed by atoms with Crippen molar-refractivity contribution in [2.45, 2.75) is 32.4 Å². The summed E-state index contributed by atoms with van der Waals surface area (Å²) in [5.74, 6) is -0.827. The molecule has 1 aliphatic carbocycles. The Balaban J connectivity index is 2.30. The van der Waals surface area contributed by atoms with E-state index < -0.39 is 22.3 Å². The third-order valence-electron chi connectivity index (χ3n) is 3.78. The molecular weight excluding hydrogens is 275 g/mol. The van der Waals surface area contributed by atoms with Crippen molar-refractivity contribution in [1.29, 1.82) is 0 Å². The number of benzene rings is 1. The molecule has 0 heterocycles. The molecule has 2 rings (SSSR count). The Morgan fingerprint density at radius 3 is 2.68 bits per heavy atom. The minimum Gasteiger partial charge on any atom is -0.392 e. The molecule has 0 spiro atoms. The molecule has 7 heteroatoms. The second kappa shape index (κ2) is 4.61. The zero-order valence-electron chi connectivity index (χ0n) is 10.5. The molecule has 1 fully saturated rings. The zero-order chi connectivity index (χ0) is 14.4. The van der Waals surface area contributed by atoms with Crippen molar-refractivity contribution < 1.29 is 14.4 Å². The standard InChI is InChI=1S/C12H14ClFN2O3/c1-12(2)10(5-11(12)17)15-8-3-6(13)7(14)4-9(8)16(18)19/h3-4,10-11,15,17H,5H2,1-2H3. The van der Waals surface area contributed by atoms with Crippen LogP contribution in [0.4, 0.5) is 15.8 Å². The first-order valence-electron chi connectivity index (χ1n) is 5.81. The minimum absolute atomic E-state index is 0.122. The van der Waals surface area contributed by atoms with Crippen molar-refractivity contribution in [2.75, 3.05) is 5.32 Å². The van der Waals surface area contributed by atoms with Crippen LogP contribution in [0.1, 0.15) is 20.3 Å². The van der Waals surface area contributed by atoms with E-state index in [1.165, 1.54) is 6.07 Å². The van der Waals surface area contributed by atoms with E-state index in [0.29, 0.717) is 6.42 Å². The Bertz CT molecular complexity index is 536. The number of hydrogen-bond acceptors (Lipinski definition) is 4. The minimum atomic E-state index is -0.827. The number of nitro benzene ring substituents is 1. The molecule has 1 aromatic carbocycles. The topological polar surface area (TPSA) is 75.4 Å². The van der Waals surface area contributed by atoms with Crippen LogP contribution in [0.3, 0.4) is 0 Å². The molecule has 5 nitrogen and oxygen atoms in total. The van der Waals surface area contributed by atoms with Crippen LogP contribution >= 0.6 is 11.6 Å². The van der Waals surface area contributed by atoms with Gasteiger partial charge in [-0.25, -0.2) is 4.39 Å². The maximum absolute atomic E-state index is 13.3. The fourth-order valence-corrected chi connectivity index (χ4v) is 2.30. The van der Waals surface area contributed by atoms with E-state index in [1.807, 2.05) is 13.8 Å². The van der Waals surface area contributed by atoms with Crippen LogP contribution in [0.15, 0.2) is 12.1 Å². The summed E-state index contributed by atoms with van der Waals surface area (Å²) < 4.78 is 13.3. The number of nitrogens with one attached hydrogen (secondary N) is 1.